The first-order valence-electron chi connectivity index (χ1n) is 6.56. The standard InChI is InChI=1S/C16H19N3O2/c1-20-14-9-8-13(10-15(14)21-2)19-16(17)18-11-12-6-4-3-5-7-12/h3-10H,11H2,1-2H3,(H3,17,18,19). The number of anilines is 1. The molecule has 0 aliphatic heterocycles. The number of guanidine groups is 1. The van der Waals surface area contributed by atoms with E-state index in [9.17, 15) is 0 Å². The van der Waals surface area contributed by atoms with Crippen molar-refractivity contribution in [2.24, 2.45) is 10.7 Å². The van der Waals surface area contributed by atoms with Gasteiger partial charge in [-0.1, -0.05) is 30.3 Å². The number of nitrogens with one attached hydrogen (secondary N) is 1. The van der Waals surface area contributed by atoms with E-state index in [0.717, 1.165) is 11.3 Å². The van der Waals surface area contributed by atoms with Crippen LogP contribution in [-0.2, 0) is 6.54 Å². The summed E-state index contributed by atoms with van der Waals surface area (Å²) in [6.07, 6.45) is 0. The maximum atomic E-state index is 5.88. The van der Waals surface area contributed by atoms with E-state index < -0.39 is 0 Å². The molecule has 0 aliphatic carbocycles. The Morgan fingerprint density at radius 3 is 2.43 bits per heavy atom. The summed E-state index contributed by atoms with van der Waals surface area (Å²) in [5.41, 5.74) is 7.78. The molecule has 21 heavy (non-hydrogen) atoms. The lowest BCUT2D eigenvalue weighted by molar-refractivity contribution is 0.355. The Morgan fingerprint density at radius 2 is 1.76 bits per heavy atom. The van der Waals surface area contributed by atoms with Crippen LogP contribution >= 0.6 is 0 Å². The zero-order valence-electron chi connectivity index (χ0n) is 12.2. The number of benzene rings is 2. The van der Waals surface area contributed by atoms with E-state index in [4.69, 9.17) is 15.2 Å². The van der Waals surface area contributed by atoms with Gasteiger partial charge in [0, 0.05) is 11.8 Å². The average molecular weight is 285 g/mol. The Morgan fingerprint density at radius 1 is 1.05 bits per heavy atom. The van der Waals surface area contributed by atoms with E-state index in [-0.39, 0.29) is 0 Å². The number of nitrogens with zero attached hydrogens (tertiary/aromatic N) is 1. The largest absolute Gasteiger partial charge is 0.493 e. The maximum absolute atomic E-state index is 5.88. The molecule has 5 heteroatoms. The molecule has 0 spiro atoms. The van der Waals surface area contributed by atoms with Crippen LogP contribution in [0.15, 0.2) is 53.5 Å². The predicted molar refractivity (Wildman–Crippen MR) is 84.9 cm³/mol. The van der Waals surface area contributed by atoms with Crippen molar-refractivity contribution in [3.05, 3.63) is 54.1 Å². The summed E-state index contributed by atoms with van der Waals surface area (Å²) in [6, 6.07) is 15.4. The van der Waals surface area contributed by atoms with Crippen molar-refractivity contribution in [2.45, 2.75) is 6.54 Å². The van der Waals surface area contributed by atoms with E-state index in [1.807, 2.05) is 48.5 Å². The van der Waals surface area contributed by atoms with Crippen LogP contribution in [0.25, 0.3) is 0 Å². The quantitative estimate of drug-likeness (QED) is 0.654. The summed E-state index contributed by atoms with van der Waals surface area (Å²) in [4.78, 5) is 4.30. The van der Waals surface area contributed by atoms with Crippen LogP contribution in [0.5, 0.6) is 11.5 Å². The minimum atomic E-state index is 0.353. The molecule has 0 bridgehead atoms. The Bertz CT molecular complexity index is 612. The fourth-order valence-corrected chi connectivity index (χ4v) is 1.86. The first-order chi connectivity index (χ1) is 10.2. The molecule has 2 rings (SSSR count). The molecule has 5 nitrogen and oxygen atoms in total. The molecule has 0 aliphatic rings. The van der Waals surface area contributed by atoms with Crippen LogP contribution in [0.2, 0.25) is 0 Å². The lowest BCUT2D eigenvalue weighted by Gasteiger charge is -2.10. The number of rotatable bonds is 5. The van der Waals surface area contributed by atoms with Crippen LogP contribution in [0.4, 0.5) is 5.69 Å². The Balaban J connectivity index is 2.03. The highest BCUT2D eigenvalue weighted by molar-refractivity contribution is 5.92. The van der Waals surface area contributed by atoms with Crippen LogP contribution in [-0.4, -0.2) is 20.2 Å². The summed E-state index contributed by atoms with van der Waals surface area (Å²) < 4.78 is 10.4. The number of methoxy groups -OCH3 is 2. The highest BCUT2D eigenvalue weighted by Crippen LogP contribution is 2.29. The van der Waals surface area contributed by atoms with Gasteiger partial charge in [0.05, 0.1) is 20.8 Å². The molecule has 0 amide bonds. The zero-order valence-corrected chi connectivity index (χ0v) is 12.2. The normalized spacial score (nSPS) is 11.0. The molecule has 0 fully saturated rings. The molecular weight excluding hydrogens is 266 g/mol. The second-order valence-electron chi connectivity index (χ2n) is 4.38. The van der Waals surface area contributed by atoms with Gasteiger partial charge in [0.25, 0.3) is 0 Å². The van der Waals surface area contributed by atoms with Gasteiger partial charge in [-0.05, 0) is 17.7 Å². The number of hydrogen-bond acceptors (Lipinski definition) is 3. The van der Waals surface area contributed by atoms with E-state index in [2.05, 4.69) is 10.3 Å². The molecule has 0 unspecified atom stereocenters. The number of aliphatic imine (C=N–C) groups is 1. The second kappa shape index (κ2) is 7.19. The topological polar surface area (TPSA) is 68.9 Å². The Kier molecular flexibility index (Phi) is 5.04. The van der Waals surface area contributed by atoms with Gasteiger partial charge in [0.1, 0.15) is 0 Å². The molecule has 2 aromatic rings. The minimum Gasteiger partial charge on any atom is -0.493 e. The second-order valence-corrected chi connectivity index (χ2v) is 4.38. The van der Waals surface area contributed by atoms with E-state index >= 15 is 0 Å². The SMILES string of the molecule is COc1ccc(NC(N)=NCc2ccccc2)cc1OC. The molecule has 0 heterocycles. The average Bonchev–Trinajstić information content (AvgIpc) is 2.53. The fourth-order valence-electron chi connectivity index (χ4n) is 1.86. The van der Waals surface area contributed by atoms with Crippen molar-refractivity contribution in [3.8, 4) is 11.5 Å². The van der Waals surface area contributed by atoms with Crippen molar-refractivity contribution >= 4 is 11.6 Å². The summed E-state index contributed by atoms with van der Waals surface area (Å²) in [7, 11) is 3.19. The minimum absolute atomic E-state index is 0.353. The van der Waals surface area contributed by atoms with E-state index in [1.165, 1.54) is 0 Å². The van der Waals surface area contributed by atoms with Gasteiger partial charge < -0.3 is 20.5 Å². The summed E-state index contributed by atoms with van der Waals surface area (Å²) in [5, 5.41) is 3.03. The first-order valence-corrected chi connectivity index (χ1v) is 6.56. The van der Waals surface area contributed by atoms with Gasteiger partial charge in [-0.15, -0.1) is 0 Å². The molecule has 110 valence electrons. The van der Waals surface area contributed by atoms with Crippen LogP contribution in [0, 0.1) is 0 Å². The monoisotopic (exact) mass is 285 g/mol. The highest BCUT2D eigenvalue weighted by atomic mass is 16.5. The zero-order chi connectivity index (χ0) is 15.1. The number of hydrogen-bond donors (Lipinski definition) is 2. The number of ether oxygens (including phenoxy) is 2. The molecule has 0 aromatic heterocycles. The van der Waals surface area contributed by atoms with Crippen molar-refractivity contribution in [2.75, 3.05) is 19.5 Å². The molecule has 2 aromatic carbocycles. The molecule has 0 atom stereocenters. The summed E-state index contributed by atoms with van der Waals surface area (Å²) in [5.74, 6) is 1.66. The first kappa shape index (κ1) is 14.7. The summed E-state index contributed by atoms with van der Waals surface area (Å²) in [6.45, 7) is 0.535. The van der Waals surface area contributed by atoms with Crippen LogP contribution in [0.1, 0.15) is 5.56 Å². The van der Waals surface area contributed by atoms with Gasteiger partial charge in [-0.25, -0.2) is 4.99 Å². The van der Waals surface area contributed by atoms with Gasteiger partial charge in [-0.2, -0.15) is 0 Å². The maximum Gasteiger partial charge on any atom is 0.193 e. The van der Waals surface area contributed by atoms with Gasteiger partial charge in [-0.3, -0.25) is 0 Å². The number of nitrogens with two attached hydrogens (primary N) is 1. The third-order valence-corrected chi connectivity index (χ3v) is 2.93. The fraction of sp³-hybridized carbons (Fsp3) is 0.188. The third kappa shape index (κ3) is 4.14. The van der Waals surface area contributed by atoms with Crippen LogP contribution < -0.4 is 20.5 Å². The summed E-state index contributed by atoms with van der Waals surface area (Å²) >= 11 is 0. The van der Waals surface area contributed by atoms with Crippen molar-refractivity contribution in [3.63, 3.8) is 0 Å². The van der Waals surface area contributed by atoms with Crippen molar-refractivity contribution in [1.29, 1.82) is 0 Å². The van der Waals surface area contributed by atoms with E-state index in [0.29, 0.717) is 24.0 Å². The lowest BCUT2D eigenvalue weighted by atomic mass is 10.2. The predicted octanol–water partition coefficient (Wildman–Crippen LogP) is 2.63. The highest BCUT2D eigenvalue weighted by Gasteiger charge is 2.04. The van der Waals surface area contributed by atoms with Crippen molar-refractivity contribution < 1.29 is 9.47 Å². The molecule has 0 saturated carbocycles. The Labute approximate surface area is 124 Å². The molecular formula is C16H19N3O2. The van der Waals surface area contributed by atoms with Crippen molar-refractivity contribution in [1.82, 2.24) is 0 Å². The van der Waals surface area contributed by atoms with Gasteiger partial charge >= 0.3 is 0 Å². The lowest BCUT2D eigenvalue weighted by Crippen LogP contribution is -2.22. The van der Waals surface area contributed by atoms with E-state index in [1.54, 1.807) is 14.2 Å². The third-order valence-electron chi connectivity index (χ3n) is 2.93. The molecule has 3 N–H and O–H groups in total. The molecule has 0 radical (unpaired) electrons. The smallest absolute Gasteiger partial charge is 0.193 e. The van der Waals surface area contributed by atoms with Gasteiger partial charge in [0.15, 0.2) is 17.5 Å². The molecule has 0 saturated heterocycles. The Hall–Kier alpha value is -2.69. The van der Waals surface area contributed by atoms with Crippen LogP contribution in [0.3, 0.4) is 0 Å². The van der Waals surface area contributed by atoms with Gasteiger partial charge in [0.2, 0.25) is 0 Å².